The highest BCUT2D eigenvalue weighted by atomic mass is 28.3. The molecule has 3 heteroatoms. The molecule has 0 bridgehead atoms. The second kappa shape index (κ2) is 2.44. The first-order valence-electron chi connectivity index (χ1n) is 4.38. The van der Waals surface area contributed by atoms with Crippen molar-refractivity contribution in [2.45, 2.75) is 50.7 Å². The molecular weight excluding hydrogens is 168 g/mol. The van der Waals surface area contributed by atoms with Crippen molar-refractivity contribution in [3.8, 4) is 0 Å². The summed E-state index contributed by atoms with van der Waals surface area (Å²) in [5.74, 6) is 0. The summed E-state index contributed by atoms with van der Waals surface area (Å²) < 4.78 is 5.77. The van der Waals surface area contributed by atoms with Crippen LogP contribution in [0.2, 0.25) is 39.3 Å². The highest BCUT2D eigenvalue weighted by Gasteiger charge is 2.54. The van der Waals surface area contributed by atoms with Crippen LogP contribution in [0, 0.1) is 0 Å². The third-order valence-electron chi connectivity index (χ3n) is 2.20. The van der Waals surface area contributed by atoms with Gasteiger partial charge in [-0.2, -0.15) is 0 Å². The van der Waals surface area contributed by atoms with Crippen LogP contribution in [0.1, 0.15) is 0 Å². The van der Waals surface area contributed by atoms with E-state index in [9.17, 15) is 0 Å². The summed E-state index contributed by atoms with van der Waals surface area (Å²) in [4.78, 5) is 0. The zero-order valence-electron chi connectivity index (χ0n) is 8.56. The third-order valence-corrected chi connectivity index (χ3v) is 6.82. The molecule has 11 heavy (non-hydrogen) atoms. The highest BCUT2D eigenvalue weighted by molar-refractivity contribution is 6.84. The Kier molecular flexibility index (Phi) is 2.10. The maximum atomic E-state index is 5.77. The van der Waals surface area contributed by atoms with Crippen LogP contribution in [-0.4, -0.2) is 27.6 Å². The largest absolute Gasteiger partial charge is 0.377 e. The van der Waals surface area contributed by atoms with E-state index in [1.54, 1.807) is 0 Å². The molecule has 0 unspecified atom stereocenters. The topological polar surface area (TPSA) is 12.5 Å². The molecule has 1 aliphatic rings. The van der Waals surface area contributed by atoms with Gasteiger partial charge in [0.2, 0.25) is 0 Å². The van der Waals surface area contributed by atoms with Crippen LogP contribution in [0.25, 0.3) is 0 Å². The van der Waals surface area contributed by atoms with Gasteiger partial charge < -0.3 is 4.74 Å². The van der Waals surface area contributed by atoms with Gasteiger partial charge in [-0.1, -0.05) is 39.3 Å². The quantitative estimate of drug-likeness (QED) is 0.479. The van der Waals surface area contributed by atoms with Crippen LogP contribution in [0.15, 0.2) is 0 Å². The monoisotopic (exact) mass is 188 g/mol. The van der Waals surface area contributed by atoms with Gasteiger partial charge in [-0.05, 0) is 0 Å². The van der Waals surface area contributed by atoms with Gasteiger partial charge >= 0.3 is 0 Å². The SMILES string of the molecule is C[Si](C)(C)[C@@H]1O[C@H]1[Si](C)(C)C. The predicted molar refractivity (Wildman–Crippen MR) is 55.4 cm³/mol. The molecule has 1 heterocycles. The van der Waals surface area contributed by atoms with E-state index in [2.05, 4.69) is 39.3 Å². The zero-order chi connectivity index (χ0) is 8.86. The van der Waals surface area contributed by atoms with Gasteiger partial charge in [-0.15, -0.1) is 0 Å². The fourth-order valence-electron chi connectivity index (χ4n) is 1.43. The molecule has 1 rings (SSSR count). The minimum atomic E-state index is -0.984. The second-order valence-corrected chi connectivity index (χ2v) is 16.3. The average Bonchev–Trinajstić information content (AvgIpc) is 2.30. The first kappa shape index (κ1) is 9.48. The number of rotatable bonds is 2. The van der Waals surface area contributed by atoms with Crippen molar-refractivity contribution >= 4 is 16.1 Å². The average molecular weight is 188 g/mol. The lowest BCUT2D eigenvalue weighted by atomic mass is 10.9. The van der Waals surface area contributed by atoms with Crippen LogP contribution < -0.4 is 0 Å². The molecular formula is C8H20OSi2. The van der Waals surface area contributed by atoms with Crippen LogP contribution in [-0.2, 0) is 4.74 Å². The Morgan fingerprint density at radius 3 is 1.09 bits per heavy atom. The molecule has 1 nitrogen and oxygen atoms in total. The molecule has 0 aromatic carbocycles. The van der Waals surface area contributed by atoms with Gasteiger partial charge in [0.1, 0.15) is 0 Å². The molecule has 0 N–H and O–H groups in total. The van der Waals surface area contributed by atoms with Gasteiger partial charge in [0, 0.05) is 0 Å². The van der Waals surface area contributed by atoms with Crippen molar-refractivity contribution in [3.63, 3.8) is 0 Å². The molecule has 1 saturated heterocycles. The minimum Gasteiger partial charge on any atom is -0.377 e. The first-order chi connectivity index (χ1) is 4.73. The fourth-order valence-corrected chi connectivity index (χ4v) is 7.49. The van der Waals surface area contributed by atoms with Crippen molar-refractivity contribution < 1.29 is 4.74 Å². The van der Waals surface area contributed by atoms with E-state index in [-0.39, 0.29) is 0 Å². The molecule has 0 aromatic heterocycles. The Hall–Kier alpha value is 0.394. The summed E-state index contributed by atoms with van der Waals surface area (Å²) in [7, 11) is -1.97. The van der Waals surface area contributed by atoms with Crippen LogP contribution in [0.4, 0.5) is 0 Å². The molecule has 0 spiro atoms. The molecule has 0 radical (unpaired) electrons. The Balaban J connectivity index is 2.51. The van der Waals surface area contributed by atoms with Crippen molar-refractivity contribution in [2.75, 3.05) is 0 Å². The van der Waals surface area contributed by atoms with Gasteiger partial charge in [0.15, 0.2) is 0 Å². The summed E-state index contributed by atoms with van der Waals surface area (Å²) >= 11 is 0. The summed E-state index contributed by atoms with van der Waals surface area (Å²) in [5.41, 5.74) is 1.35. The third kappa shape index (κ3) is 2.16. The maximum absolute atomic E-state index is 5.77. The van der Waals surface area contributed by atoms with Crippen molar-refractivity contribution in [3.05, 3.63) is 0 Å². The van der Waals surface area contributed by atoms with E-state index in [0.717, 1.165) is 0 Å². The molecule has 2 atom stereocenters. The highest BCUT2D eigenvalue weighted by Crippen LogP contribution is 2.37. The summed E-state index contributed by atoms with van der Waals surface area (Å²) in [6.07, 6.45) is 0. The van der Waals surface area contributed by atoms with Crippen molar-refractivity contribution in [1.82, 2.24) is 0 Å². The van der Waals surface area contributed by atoms with Crippen LogP contribution in [0.5, 0.6) is 0 Å². The molecule has 66 valence electrons. The van der Waals surface area contributed by atoms with E-state index >= 15 is 0 Å². The number of ether oxygens (including phenoxy) is 1. The number of hydrogen-bond acceptors (Lipinski definition) is 1. The maximum Gasteiger partial charge on any atom is 0.0815 e. The Morgan fingerprint density at radius 1 is 0.727 bits per heavy atom. The van der Waals surface area contributed by atoms with E-state index < -0.39 is 16.1 Å². The second-order valence-electron chi connectivity index (χ2n) is 5.71. The molecule has 0 aliphatic carbocycles. The van der Waals surface area contributed by atoms with Crippen molar-refractivity contribution in [1.29, 1.82) is 0 Å². The summed E-state index contributed by atoms with van der Waals surface area (Å²) in [5, 5.41) is 0. The van der Waals surface area contributed by atoms with E-state index in [1.807, 2.05) is 0 Å². The molecule has 1 aliphatic heterocycles. The standard InChI is InChI=1S/C8H20OSi2/c1-10(2,3)7-8(9-7)11(4,5)6/h7-8H,1-6H3/t7-,8-/m0/s1. The van der Waals surface area contributed by atoms with Gasteiger partial charge in [-0.25, -0.2) is 0 Å². The smallest absolute Gasteiger partial charge is 0.0815 e. The van der Waals surface area contributed by atoms with Crippen LogP contribution in [0.3, 0.4) is 0 Å². The predicted octanol–water partition coefficient (Wildman–Crippen LogP) is 2.51. The lowest BCUT2D eigenvalue weighted by molar-refractivity contribution is 0.430. The minimum absolute atomic E-state index is 0.675. The van der Waals surface area contributed by atoms with Crippen molar-refractivity contribution in [2.24, 2.45) is 0 Å². The fraction of sp³-hybridized carbons (Fsp3) is 1.00. The number of hydrogen-bond donors (Lipinski definition) is 0. The first-order valence-corrected chi connectivity index (χ1v) is 11.5. The van der Waals surface area contributed by atoms with Gasteiger partial charge in [0.25, 0.3) is 0 Å². The lowest BCUT2D eigenvalue weighted by Crippen LogP contribution is -2.38. The Morgan fingerprint density at radius 2 is 1.00 bits per heavy atom. The van der Waals surface area contributed by atoms with Crippen LogP contribution >= 0.6 is 0 Å². The summed E-state index contributed by atoms with van der Waals surface area (Å²) in [6.45, 7) is 14.4. The zero-order valence-corrected chi connectivity index (χ0v) is 10.6. The molecule has 0 aromatic rings. The van der Waals surface area contributed by atoms with Gasteiger partial charge in [0.05, 0.1) is 27.6 Å². The normalized spacial score (nSPS) is 32.2. The molecule has 0 amide bonds. The Bertz CT molecular complexity index is 136. The lowest BCUT2D eigenvalue weighted by Gasteiger charge is -2.16. The molecule has 1 fully saturated rings. The summed E-state index contributed by atoms with van der Waals surface area (Å²) in [6, 6.07) is 0. The van der Waals surface area contributed by atoms with E-state index in [4.69, 9.17) is 4.74 Å². The van der Waals surface area contributed by atoms with E-state index in [1.165, 1.54) is 0 Å². The Labute approximate surface area is 72.2 Å². The number of epoxide rings is 1. The molecule has 0 saturated carbocycles. The van der Waals surface area contributed by atoms with Gasteiger partial charge in [-0.3, -0.25) is 0 Å². The van der Waals surface area contributed by atoms with E-state index in [0.29, 0.717) is 11.5 Å².